The van der Waals surface area contributed by atoms with Gasteiger partial charge in [0.15, 0.2) is 0 Å². The second-order valence-electron chi connectivity index (χ2n) is 6.92. The summed E-state index contributed by atoms with van der Waals surface area (Å²) < 4.78 is 18.1. The number of hydrogen-bond acceptors (Lipinski definition) is 3. The quantitative estimate of drug-likeness (QED) is 0.793. The van der Waals surface area contributed by atoms with Crippen LogP contribution < -0.4 is 10.2 Å². The fraction of sp³-hybridized carbons (Fsp3) is 0.625. The van der Waals surface area contributed by atoms with E-state index < -0.39 is 0 Å². The summed E-state index contributed by atoms with van der Waals surface area (Å²) in [6, 6.07) is 6.18. The van der Waals surface area contributed by atoms with Gasteiger partial charge in [-0.25, -0.2) is 0 Å². The van der Waals surface area contributed by atoms with Gasteiger partial charge in [-0.1, -0.05) is 11.6 Å². The maximum atomic E-state index is 6.13. The van der Waals surface area contributed by atoms with Gasteiger partial charge in [0, 0.05) is 0 Å². The van der Waals surface area contributed by atoms with E-state index in [4.69, 9.17) is 14.0 Å². The molecule has 1 aliphatic heterocycles. The second-order valence-corrected chi connectivity index (χ2v) is 6.92. The molecule has 4 heteroatoms. The first-order valence-corrected chi connectivity index (χ1v) is 7.41. The van der Waals surface area contributed by atoms with Crippen molar-refractivity contribution in [2.45, 2.75) is 64.8 Å². The van der Waals surface area contributed by atoms with E-state index in [0.717, 1.165) is 11.2 Å². The highest BCUT2D eigenvalue weighted by Crippen LogP contribution is 2.37. The van der Waals surface area contributed by atoms with Crippen LogP contribution >= 0.6 is 0 Å². The van der Waals surface area contributed by atoms with Crippen molar-refractivity contribution >= 4 is 12.6 Å². The van der Waals surface area contributed by atoms with Crippen LogP contribution in [0.15, 0.2) is 18.2 Å². The first-order chi connectivity index (χ1) is 9.28. The molecule has 0 spiro atoms. The number of rotatable bonds is 3. The van der Waals surface area contributed by atoms with Crippen LogP contribution in [0.4, 0.5) is 0 Å². The third-order valence-corrected chi connectivity index (χ3v) is 4.59. The Bertz CT molecular complexity index is 504. The van der Waals surface area contributed by atoms with Crippen molar-refractivity contribution in [3.63, 3.8) is 0 Å². The van der Waals surface area contributed by atoms with Crippen LogP contribution in [0.1, 0.15) is 46.1 Å². The van der Waals surface area contributed by atoms with E-state index in [-0.39, 0.29) is 18.3 Å². The summed E-state index contributed by atoms with van der Waals surface area (Å²) in [5.41, 5.74) is 1.63. The lowest BCUT2D eigenvalue weighted by molar-refractivity contribution is 0.00578. The number of hydrogen-bond donors (Lipinski definition) is 0. The Morgan fingerprint density at radius 1 is 1.10 bits per heavy atom. The molecule has 0 amide bonds. The minimum Gasteiger partial charge on any atom is -0.490 e. The van der Waals surface area contributed by atoms with Gasteiger partial charge in [-0.15, -0.1) is 0 Å². The van der Waals surface area contributed by atoms with Gasteiger partial charge in [0.2, 0.25) is 0 Å². The van der Waals surface area contributed by atoms with Gasteiger partial charge in [0.25, 0.3) is 0 Å². The maximum Gasteiger partial charge on any atom is 0.495 e. The average molecular weight is 274 g/mol. The summed E-state index contributed by atoms with van der Waals surface area (Å²) in [6.07, 6.45) is 2.74. The molecule has 0 unspecified atom stereocenters. The van der Waals surface area contributed by atoms with E-state index in [1.807, 2.05) is 6.07 Å². The van der Waals surface area contributed by atoms with Crippen molar-refractivity contribution in [2.24, 2.45) is 0 Å². The van der Waals surface area contributed by atoms with Crippen LogP contribution in [-0.2, 0) is 9.31 Å². The summed E-state index contributed by atoms with van der Waals surface area (Å²) >= 11 is 0. The first kappa shape index (κ1) is 14.0. The minimum atomic E-state index is -0.317. The summed E-state index contributed by atoms with van der Waals surface area (Å²) in [5.74, 6) is 0.919. The fourth-order valence-corrected chi connectivity index (χ4v) is 2.29. The fourth-order valence-electron chi connectivity index (χ4n) is 2.29. The lowest BCUT2D eigenvalue weighted by Gasteiger charge is -2.32. The van der Waals surface area contributed by atoms with Crippen LogP contribution in [0, 0.1) is 6.92 Å². The van der Waals surface area contributed by atoms with E-state index in [9.17, 15) is 0 Å². The average Bonchev–Trinajstić information content (AvgIpc) is 3.10. The standard InChI is InChI=1S/C16H23BO3/c1-11-6-7-13(18-12-8-9-12)10-14(11)17-19-15(2,3)16(4,5)20-17/h6-7,10,12H,8-9H2,1-5H3. The van der Waals surface area contributed by atoms with Crippen molar-refractivity contribution in [1.29, 1.82) is 0 Å². The first-order valence-electron chi connectivity index (χ1n) is 7.41. The molecule has 1 aromatic carbocycles. The second kappa shape index (κ2) is 4.50. The lowest BCUT2D eigenvalue weighted by atomic mass is 9.76. The van der Waals surface area contributed by atoms with E-state index >= 15 is 0 Å². The Morgan fingerprint density at radius 2 is 1.70 bits per heavy atom. The monoisotopic (exact) mass is 274 g/mol. The molecule has 0 aromatic heterocycles. The molecule has 1 aliphatic carbocycles. The molecule has 20 heavy (non-hydrogen) atoms. The van der Waals surface area contributed by atoms with Crippen LogP contribution in [0.3, 0.4) is 0 Å². The number of benzene rings is 1. The topological polar surface area (TPSA) is 27.7 Å². The van der Waals surface area contributed by atoms with Crippen LogP contribution in [0.2, 0.25) is 0 Å². The molecule has 3 nitrogen and oxygen atoms in total. The smallest absolute Gasteiger partial charge is 0.490 e. The Morgan fingerprint density at radius 3 is 2.25 bits per heavy atom. The highest BCUT2D eigenvalue weighted by atomic mass is 16.7. The number of aryl methyl sites for hydroxylation is 1. The van der Waals surface area contributed by atoms with Gasteiger partial charge in [0.1, 0.15) is 5.75 Å². The van der Waals surface area contributed by atoms with Gasteiger partial charge in [-0.3, -0.25) is 0 Å². The molecule has 1 saturated heterocycles. The van der Waals surface area contributed by atoms with Crippen molar-refractivity contribution in [2.75, 3.05) is 0 Å². The van der Waals surface area contributed by atoms with Gasteiger partial charge in [-0.2, -0.15) is 0 Å². The highest BCUT2D eigenvalue weighted by molar-refractivity contribution is 6.62. The highest BCUT2D eigenvalue weighted by Gasteiger charge is 2.52. The predicted octanol–water partition coefficient (Wildman–Crippen LogP) is 2.84. The Hall–Kier alpha value is -0.995. The zero-order valence-corrected chi connectivity index (χ0v) is 13.0. The van der Waals surface area contributed by atoms with Crippen molar-refractivity contribution in [3.8, 4) is 5.75 Å². The molecule has 1 heterocycles. The largest absolute Gasteiger partial charge is 0.495 e. The molecule has 0 atom stereocenters. The normalized spacial score (nSPS) is 23.9. The van der Waals surface area contributed by atoms with Gasteiger partial charge in [0.05, 0.1) is 17.3 Å². The van der Waals surface area contributed by atoms with Crippen LogP contribution in [0.5, 0.6) is 5.75 Å². The summed E-state index contributed by atoms with van der Waals surface area (Å²) in [6.45, 7) is 10.4. The van der Waals surface area contributed by atoms with Crippen LogP contribution in [0.25, 0.3) is 0 Å². The molecule has 108 valence electrons. The van der Waals surface area contributed by atoms with Crippen molar-refractivity contribution in [1.82, 2.24) is 0 Å². The lowest BCUT2D eigenvalue weighted by Crippen LogP contribution is -2.41. The number of ether oxygens (including phenoxy) is 1. The van der Waals surface area contributed by atoms with Crippen molar-refractivity contribution < 1.29 is 14.0 Å². The molecule has 2 fully saturated rings. The van der Waals surface area contributed by atoms with Crippen molar-refractivity contribution in [3.05, 3.63) is 23.8 Å². The molecule has 1 aromatic rings. The maximum absolute atomic E-state index is 6.13. The Kier molecular flexibility index (Phi) is 3.14. The van der Waals surface area contributed by atoms with E-state index in [0.29, 0.717) is 6.10 Å². The van der Waals surface area contributed by atoms with E-state index in [1.165, 1.54) is 18.4 Å². The SMILES string of the molecule is Cc1ccc(OC2CC2)cc1B1OC(C)(C)C(C)(C)O1. The van der Waals surface area contributed by atoms with Crippen LogP contribution in [-0.4, -0.2) is 24.4 Å². The summed E-state index contributed by atoms with van der Waals surface area (Å²) in [4.78, 5) is 0. The Labute approximate surface area is 121 Å². The van der Waals surface area contributed by atoms with E-state index in [1.54, 1.807) is 0 Å². The molecule has 0 N–H and O–H groups in total. The minimum absolute atomic E-state index is 0.308. The van der Waals surface area contributed by atoms with Gasteiger partial charge >= 0.3 is 7.12 Å². The zero-order chi connectivity index (χ0) is 14.5. The third-order valence-electron chi connectivity index (χ3n) is 4.59. The molecule has 0 radical (unpaired) electrons. The summed E-state index contributed by atoms with van der Waals surface area (Å²) in [5, 5.41) is 0. The molecular formula is C16H23BO3. The zero-order valence-electron chi connectivity index (χ0n) is 13.0. The molecular weight excluding hydrogens is 251 g/mol. The molecule has 3 rings (SSSR count). The predicted molar refractivity (Wildman–Crippen MR) is 80.5 cm³/mol. The summed E-state index contributed by atoms with van der Waals surface area (Å²) in [7, 11) is -0.317. The molecule has 2 aliphatic rings. The van der Waals surface area contributed by atoms with Gasteiger partial charge in [-0.05, 0) is 65.1 Å². The Balaban J connectivity index is 1.86. The third kappa shape index (κ3) is 2.47. The van der Waals surface area contributed by atoms with Gasteiger partial charge < -0.3 is 14.0 Å². The molecule has 0 bridgehead atoms. The van der Waals surface area contributed by atoms with E-state index in [2.05, 4.69) is 46.8 Å². The molecule has 1 saturated carbocycles.